The first-order valence-electron chi connectivity index (χ1n) is 5.61. The van der Waals surface area contributed by atoms with E-state index in [0.29, 0.717) is 11.3 Å². The van der Waals surface area contributed by atoms with Crippen LogP contribution in [-0.2, 0) is 0 Å². The van der Waals surface area contributed by atoms with Gasteiger partial charge < -0.3 is 9.73 Å². The molecule has 1 aromatic heterocycles. The van der Waals surface area contributed by atoms with Gasteiger partial charge in [0.2, 0.25) is 0 Å². The number of halogens is 1. The third kappa shape index (κ3) is 2.48. The van der Waals surface area contributed by atoms with Gasteiger partial charge in [-0.3, -0.25) is 4.79 Å². The molecule has 0 radical (unpaired) electrons. The zero-order valence-corrected chi connectivity index (χ0v) is 12.1. The van der Waals surface area contributed by atoms with Gasteiger partial charge in [0, 0.05) is 10.2 Å². The first-order valence-corrected chi connectivity index (χ1v) is 6.40. The van der Waals surface area contributed by atoms with Crippen LogP contribution in [0.3, 0.4) is 0 Å². The molecule has 1 N–H and O–H groups in total. The average Bonchev–Trinajstić information content (AvgIpc) is 2.72. The van der Waals surface area contributed by atoms with E-state index in [1.165, 1.54) is 6.26 Å². The molecule has 1 aromatic carbocycles. The molecule has 0 aliphatic carbocycles. The summed E-state index contributed by atoms with van der Waals surface area (Å²) in [7, 11) is 0. The van der Waals surface area contributed by atoms with Crippen LogP contribution in [0.1, 0.15) is 27.2 Å². The molecule has 0 unspecified atom stereocenters. The zero-order chi connectivity index (χ0) is 13.3. The maximum absolute atomic E-state index is 12.0. The van der Waals surface area contributed by atoms with Crippen molar-refractivity contribution in [3.63, 3.8) is 0 Å². The summed E-state index contributed by atoms with van der Waals surface area (Å²) in [6.07, 6.45) is 1.52. The number of anilines is 1. The van der Waals surface area contributed by atoms with E-state index in [1.807, 2.05) is 26.0 Å². The van der Waals surface area contributed by atoms with Crippen LogP contribution in [0.2, 0.25) is 0 Å². The summed E-state index contributed by atoms with van der Waals surface area (Å²) in [4.78, 5) is 12.0. The second kappa shape index (κ2) is 4.98. The number of carbonyl (C=O) groups excluding carboxylic acids is 1. The molecule has 1 amide bonds. The fraction of sp³-hybridized carbons (Fsp3) is 0.214. The van der Waals surface area contributed by atoms with Gasteiger partial charge in [-0.25, -0.2) is 0 Å². The van der Waals surface area contributed by atoms with Crippen molar-refractivity contribution < 1.29 is 9.21 Å². The van der Waals surface area contributed by atoms with Crippen LogP contribution in [0.15, 0.2) is 33.4 Å². The Morgan fingerprint density at radius 2 is 1.83 bits per heavy atom. The van der Waals surface area contributed by atoms with Crippen molar-refractivity contribution in [2.75, 3.05) is 5.32 Å². The molecule has 0 fully saturated rings. The van der Waals surface area contributed by atoms with Crippen LogP contribution >= 0.6 is 15.9 Å². The number of benzene rings is 1. The minimum Gasteiger partial charge on any atom is -0.469 e. The highest BCUT2D eigenvalue weighted by molar-refractivity contribution is 9.10. The van der Waals surface area contributed by atoms with Crippen LogP contribution < -0.4 is 5.32 Å². The van der Waals surface area contributed by atoms with Crippen molar-refractivity contribution in [1.29, 1.82) is 0 Å². The third-order valence-electron chi connectivity index (χ3n) is 2.80. The summed E-state index contributed by atoms with van der Waals surface area (Å²) in [5.41, 5.74) is 3.54. The number of hydrogen-bond acceptors (Lipinski definition) is 2. The highest BCUT2D eigenvalue weighted by Crippen LogP contribution is 2.25. The molecular formula is C14H14BrNO2. The molecular weight excluding hydrogens is 294 g/mol. The Kier molecular flexibility index (Phi) is 3.57. The van der Waals surface area contributed by atoms with Crippen molar-refractivity contribution in [3.05, 3.63) is 51.4 Å². The van der Waals surface area contributed by atoms with Crippen LogP contribution in [0, 0.1) is 20.8 Å². The van der Waals surface area contributed by atoms with Crippen LogP contribution in [-0.4, -0.2) is 5.91 Å². The van der Waals surface area contributed by atoms with Crippen molar-refractivity contribution in [1.82, 2.24) is 0 Å². The molecule has 2 rings (SSSR count). The predicted molar refractivity (Wildman–Crippen MR) is 75.0 cm³/mol. The molecule has 3 nitrogen and oxygen atoms in total. The number of hydrogen-bond donors (Lipinski definition) is 1. The van der Waals surface area contributed by atoms with Gasteiger partial charge in [0.05, 0.1) is 11.8 Å². The highest BCUT2D eigenvalue weighted by atomic mass is 79.9. The Hall–Kier alpha value is -1.55. The molecule has 1 heterocycles. The van der Waals surface area contributed by atoms with Crippen LogP contribution in [0.4, 0.5) is 5.69 Å². The highest BCUT2D eigenvalue weighted by Gasteiger charge is 2.12. The quantitative estimate of drug-likeness (QED) is 0.902. The van der Waals surface area contributed by atoms with Crippen molar-refractivity contribution >= 4 is 27.5 Å². The Bertz CT molecular complexity index is 579. The summed E-state index contributed by atoms with van der Waals surface area (Å²) in [6, 6.07) is 5.54. The van der Waals surface area contributed by atoms with E-state index >= 15 is 0 Å². The molecule has 2 aromatic rings. The van der Waals surface area contributed by atoms with Gasteiger partial charge in [-0.05, 0) is 50.1 Å². The van der Waals surface area contributed by atoms with Crippen molar-refractivity contribution in [2.45, 2.75) is 20.8 Å². The first-order chi connectivity index (χ1) is 8.49. The van der Waals surface area contributed by atoms with Crippen molar-refractivity contribution in [3.8, 4) is 0 Å². The monoisotopic (exact) mass is 307 g/mol. The van der Waals surface area contributed by atoms with Gasteiger partial charge in [-0.15, -0.1) is 0 Å². The van der Waals surface area contributed by atoms with Gasteiger partial charge in [-0.2, -0.15) is 0 Å². The number of carbonyl (C=O) groups is 1. The first kappa shape index (κ1) is 12.9. The zero-order valence-electron chi connectivity index (χ0n) is 10.5. The fourth-order valence-corrected chi connectivity index (χ4v) is 2.07. The van der Waals surface area contributed by atoms with E-state index in [9.17, 15) is 4.79 Å². The maximum atomic E-state index is 12.0. The summed E-state index contributed by atoms with van der Waals surface area (Å²) in [5, 5.41) is 2.87. The Morgan fingerprint density at radius 1 is 1.22 bits per heavy atom. The van der Waals surface area contributed by atoms with E-state index in [-0.39, 0.29) is 5.91 Å². The molecule has 18 heavy (non-hydrogen) atoms. The third-order valence-corrected chi connectivity index (χ3v) is 4.05. The Balaban J connectivity index is 2.25. The predicted octanol–water partition coefficient (Wildman–Crippen LogP) is 4.22. The lowest BCUT2D eigenvalue weighted by Gasteiger charge is -2.09. The number of nitrogens with one attached hydrogen (secondary N) is 1. The minimum atomic E-state index is -0.151. The Morgan fingerprint density at radius 3 is 2.33 bits per heavy atom. The van der Waals surface area contributed by atoms with E-state index in [1.54, 1.807) is 13.0 Å². The minimum absolute atomic E-state index is 0.151. The average molecular weight is 308 g/mol. The molecule has 0 atom stereocenters. The van der Waals surface area contributed by atoms with Gasteiger partial charge in [0.15, 0.2) is 0 Å². The molecule has 0 saturated carbocycles. The number of amides is 1. The lowest BCUT2D eigenvalue weighted by molar-refractivity contribution is 0.102. The van der Waals surface area contributed by atoms with Gasteiger partial charge in [0.1, 0.15) is 5.76 Å². The smallest absolute Gasteiger partial charge is 0.259 e. The summed E-state index contributed by atoms with van der Waals surface area (Å²) in [5.74, 6) is 0.473. The molecule has 94 valence electrons. The molecule has 0 aliphatic rings. The van der Waals surface area contributed by atoms with Crippen LogP contribution in [0.25, 0.3) is 0 Å². The normalized spacial score (nSPS) is 10.4. The molecule has 0 saturated heterocycles. The second-order valence-electron chi connectivity index (χ2n) is 4.27. The molecule has 0 bridgehead atoms. The maximum Gasteiger partial charge on any atom is 0.259 e. The second-order valence-corrected chi connectivity index (χ2v) is 5.06. The summed E-state index contributed by atoms with van der Waals surface area (Å²) in [6.45, 7) is 5.76. The molecule has 0 aliphatic heterocycles. The fourth-order valence-electron chi connectivity index (χ4n) is 1.84. The van der Waals surface area contributed by atoms with E-state index in [2.05, 4.69) is 21.2 Å². The molecule has 4 heteroatoms. The van der Waals surface area contributed by atoms with Gasteiger partial charge in [-0.1, -0.05) is 15.9 Å². The standard InChI is InChI=1S/C14H14BrNO2/c1-8-6-11(7-9(2)13(8)15)16-14(17)12-4-5-18-10(12)3/h4-7H,1-3H3,(H,16,17). The lowest BCUT2D eigenvalue weighted by Crippen LogP contribution is -2.12. The Labute approximate surface area is 114 Å². The van der Waals surface area contributed by atoms with Crippen molar-refractivity contribution in [2.24, 2.45) is 0 Å². The summed E-state index contributed by atoms with van der Waals surface area (Å²) >= 11 is 3.50. The number of rotatable bonds is 2. The van der Waals surface area contributed by atoms with E-state index in [4.69, 9.17) is 4.42 Å². The number of aryl methyl sites for hydroxylation is 3. The molecule has 0 spiro atoms. The summed E-state index contributed by atoms with van der Waals surface area (Å²) < 4.78 is 6.19. The number of furan rings is 1. The van der Waals surface area contributed by atoms with Crippen LogP contribution in [0.5, 0.6) is 0 Å². The largest absolute Gasteiger partial charge is 0.469 e. The topological polar surface area (TPSA) is 42.2 Å². The SMILES string of the molecule is Cc1cc(NC(=O)c2ccoc2C)cc(C)c1Br. The van der Waals surface area contributed by atoms with Gasteiger partial charge >= 0.3 is 0 Å². The lowest BCUT2D eigenvalue weighted by atomic mass is 10.1. The van der Waals surface area contributed by atoms with E-state index < -0.39 is 0 Å². The van der Waals surface area contributed by atoms with Gasteiger partial charge in [0.25, 0.3) is 5.91 Å². The van der Waals surface area contributed by atoms with E-state index in [0.717, 1.165) is 21.3 Å².